The molecular formula is C17H21F3N2O3. The first kappa shape index (κ1) is 19.1. The maximum atomic E-state index is 12.3. The van der Waals surface area contributed by atoms with E-state index < -0.39 is 18.1 Å². The largest absolute Gasteiger partial charge is 0.494 e. The topological polar surface area (TPSA) is 58.6 Å². The molecule has 0 saturated carbocycles. The molecule has 5 nitrogen and oxygen atoms in total. The molecule has 1 heterocycles. The van der Waals surface area contributed by atoms with Crippen LogP contribution >= 0.6 is 0 Å². The number of halogens is 3. The van der Waals surface area contributed by atoms with E-state index in [4.69, 9.17) is 4.74 Å². The minimum Gasteiger partial charge on any atom is -0.494 e. The van der Waals surface area contributed by atoms with Crippen molar-refractivity contribution in [2.24, 2.45) is 0 Å². The zero-order chi connectivity index (χ0) is 18.4. The van der Waals surface area contributed by atoms with Gasteiger partial charge in [-0.05, 0) is 37.5 Å². The van der Waals surface area contributed by atoms with Crippen molar-refractivity contribution in [3.05, 3.63) is 29.8 Å². The number of piperidine rings is 1. The monoisotopic (exact) mass is 358 g/mol. The number of ether oxygens (including phenoxy) is 1. The summed E-state index contributed by atoms with van der Waals surface area (Å²) in [4.78, 5) is 24.8. The summed E-state index contributed by atoms with van der Waals surface area (Å²) in [5.74, 6) is -1.27. The van der Waals surface area contributed by atoms with Crippen molar-refractivity contribution in [2.75, 3.05) is 19.7 Å². The standard InChI is InChI=1S/C17H21F3N2O3/c1-2-25-14-5-3-12(4-6-14)11-15(23)22-9-7-13(8-10-22)21-16(24)17(18,19)20/h3-6,13H,2,7-11H2,1H3,(H,21,24). The van der Waals surface area contributed by atoms with Crippen LogP contribution in [-0.2, 0) is 16.0 Å². The lowest BCUT2D eigenvalue weighted by Gasteiger charge is -2.32. The van der Waals surface area contributed by atoms with Crippen molar-refractivity contribution in [1.29, 1.82) is 0 Å². The van der Waals surface area contributed by atoms with E-state index in [1.165, 1.54) is 0 Å². The third-order valence-corrected chi connectivity index (χ3v) is 4.03. The first-order chi connectivity index (χ1) is 11.8. The molecule has 0 aromatic heterocycles. The van der Waals surface area contributed by atoms with Crippen LogP contribution in [0.4, 0.5) is 13.2 Å². The van der Waals surface area contributed by atoms with Crippen LogP contribution in [0.15, 0.2) is 24.3 Å². The van der Waals surface area contributed by atoms with Gasteiger partial charge in [-0.25, -0.2) is 0 Å². The molecule has 2 rings (SSSR count). The maximum absolute atomic E-state index is 12.3. The first-order valence-corrected chi connectivity index (χ1v) is 8.16. The summed E-state index contributed by atoms with van der Waals surface area (Å²) in [6, 6.07) is 6.68. The van der Waals surface area contributed by atoms with Gasteiger partial charge in [0, 0.05) is 19.1 Å². The second-order valence-electron chi connectivity index (χ2n) is 5.88. The Bertz CT molecular complexity index is 594. The fourth-order valence-corrected chi connectivity index (χ4v) is 2.70. The van der Waals surface area contributed by atoms with Gasteiger partial charge in [0.1, 0.15) is 5.75 Å². The fraction of sp³-hybridized carbons (Fsp3) is 0.529. The van der Waals surface area contributed by atoms with E-state index in [1.807, 2.05) is 24.4 Å². The van der Waals surface area contributed by atoms with Gasteiger partial charge in [-0.3, -0.25) is 9.59 Å². The van der Waals surface area contributed by atoms with E-state index >= 15 is 0 Å². The quantitative estimate of drug-likeness (QED) is 0.879. The Morgan fingerprint density at radius 3 is 2.32 bits per heavy atom. The summed E-state index contributed by atoms with van der Waals surface area (Å²) < 4.78 is 42.1. The molecule has 1 aliphatic rings. The minimum atomic E-state index is -4.87. The van der Waals surface area contributed by atoms with Crippen molar-refractivity contribution >= 4 is 11.8 Å². The second-order valence-corrected chi connectivity index (χ2v) is 5.88. The SMILES string of the molecule is CCOc1ccc(CC(=O)N2CCC(NC(=O)C(F)(F)F)CC2)cc1. The average molecular weight is 358 g/mol. The summed E-state index contributed by atoms with van der Waals surface area (Å²) >= 11 is 0. The number of hydrogen-bond acceptors (Lipinski definition) is 3. The number of nitrogens with zero attached hydrogens (tertiary/aromatic N) is 1. The highest BCUT2D eigenvalue weighted by Crippen LogP contribution is 2.18. The van der Waals surface area contributed by atoms with Crippen LogP contribution in [0, 0.1) is 0 Å². The van der Waals surface area contributed by atoms with Gasteiger partial charge in [0.2, 0.25) is 5.91 Å². The van der Waals surface area contributed by atoms with Crippen molar-refractivity contribution in [3.63, 3.8) is 0 Å². The average Bonchev–Trinajstić information content (AvgIpc) is 2.56. The summed E-state index contributed by atoms with van der Waals surface area (Å²) in [6.45, 7) is 3.12. The molecular weight excluding hydrogens is 337 g/mol. The lowest BCUT2D eigenvalue weighted by atomic mass is 10.0. The van der Waals surface area contributed by atoms with Gasteiger partial charge in [0.15, 0.2) is 0 Å². The number of carbonyl (C=O) groups is 2. The predicted molar refractivity (Wildman–Crippen MR) is 85.1 cm³/mol. The lowest BCUT2D eigenvalue weighted by molar-refractivity contribution is -0.174. The molecule has 1 fully saturated rings. The number of alkyl halides is 3. The summed E-state index contributed by atoms with van der Waals surface area (Å²) in [5.41, 5.74) is 0.848. The maximum Gasteiger partial charge on any atom is 0.471 e. The number of hydrogen-bond donors (Lipinski definition) is 1. The molecule has 1 aromatic rings. The molecule has 0 radical (unpaired) electrons. The highest BCUT2D eigenvalue weighted by molar-refractivity contribution is 5.82. The van der Waals surface area contributed by atoms with Gasteiger partial charge in [-0.1, -0.05) is 12.1 Å². The highest BCUT2D eigenvalue weighted by Gasteiger charge is 2.40. The predicted octanol–water partition coefficient (Wildman–Crippen LogP) is 2.30. The Labute approximate surface area is 144 Å². The third-order valence-electron chi connectivity index (χ3n) is 4.03. The Morgan fingerprint density at radius 2 is 1.80 bits per heavy atom. The van der Waals surface area contributed by atoms with Gasteiger partial charge in [-0.2, -0.15) is 13.2 Å². The Balaban J connectivity index is 1.80. The van der Waals surface area contributed by atoms with Crippen LogP contribution in [-0.4, -0.2) is 48.6 Å². The number of likely N-dealkylation sites (tertiary alicyclic amines) is 1. The first-order valence-electron chi connectivity index (χ1n) is 8.16. The van der Waals surface area contributed by atoms with Crippen molar-refractivity contribution in [1.82, 2.24) is 10.2 Å². The molecule has 138 valence electrons. The van der Waals surface area contributed by atoms with E-state index in [2.05, 4.69) is 0 Å². The molecule has 0 aliphatic carbocycles. The third kappa shape index (κ3) is 5.65. The summed E-state index contributed by atoms with van der Waals surface area (Å²) in [5, 5.41) is 1.97. The van der Waals surface area contributed by atoms with Gasteiger partial charge < -0.3 is 15.0 Å². The highest BCUT2D eigenvalue weighted by atomic mass is 19.4. The molecule has 1 aromatic carbocycles. The Hall–Kier alpha value is -2.25. The Morgan fingerprint density at radius 1 is 1.20 bits per heavy atom. The van der Waals surface area contributed by atoms with Crippen molar-refractivity contribution in [3.8, 4) is 5.75 Å². The van der Waals surface area contributed by atoms with Gasteiger partial charge in [0.05, 0.1) is 13.0 Å². The molecule has 0 atom stereocenters. The molecule has 25 heavy (non-hydrogen) atoms. The number of rotatable bonds is 5. The van der Waals surface area contributed by atoms with E-state index in [9.17, 15) is 22.8 Å². The molecule has 0 bridgehead atoms. The van der Waals surface area contributed by atoms with Crippen molar-refractivity contribution in [2.45, 2.75) is 38.4 Å². The van der Waals surface area contributed by atoms with Crippen LogP contribution in [0.1, 0.15) is 25.3 Å². The van der Waals surface area contributed by atoms with E-state index in [0.717, 1.165) is 11.3 Å². The van der Waals surface area contributed by atoms with Gasteiger partial charge in [0.25, 0.3) is 0 Å². The molecule has 8 heteroatoms. The summed E-state index contributed by atoms with van der Waals surface area (Å²) in [6.07, 6.45) is -4.01. The van der Waals surface area contributed by atoms with Crippen LogP contribution < -0.4 is 10.1 Å². The zero-order valence-electron chi connectivity index (χ0n) is 13.9. The number of nitrogens with one attached hydrogen (secondary N) is 1. The van der Waals surface area contributed by atoms with Gasteiger partial charge >= 0.3 is 12.1 Å². The normalized spacial score (nSPS) is 15.8. The molecule has 2 amide bonds. The van der Waals surface area contributed by atoms with Crippen molar-refractivity contribution < 1.29 is 27.5 Å². The van der Waals surface area contributed by atoms with E-state index in [-0.39, 0.29) is 12.3 Å². The minimum absolute atomic E-state index is 0.0789. The van der Waals surface area contributed by atoms with Gasteiger partial charge in [-0.15, -0.1) is 0 Å². The zero-order valence-corrected chi connectivity index (χ0v) is 13.9. The molecule has 0 unspecified atom stereocenters. The second kappa shape index (κ2) is 8.22. The van der Waals surface area contributed by atoms with Crippen LogP contribution in [0.5, 0.6) is 5.75 Å². The van der Waals surface area contributed by atoms with E-state index in [1.54, 1.807) is 17.0 Å². The molecule has 1 saturated heterocycles. The molecule has 0 spiro atoms. The smallest absolute Gasteiger partial charge is 0.471 e. The number of benzene rings is 1. The Kier molecular flexibility index (Phi) is 6.27. The lowest BCUT2D eigenvalue weighted by Crippen LogP contribution is -2.49. The number of amides is 2. The number of carbonyl (C=O) groups excluding carboxylic acids is 2. The van der Waals surface area contributed by atoms with Crippen LogP contribution in [0.2, 0.25) is 0 Å². The fourth-order valence-electron chi connectivity index (χ4n) is 2.70. The van der Waals surface area contributed by atoms with Crippen LogP contribution in [0.25, 0.3) is 0 Å². The van der Waals surface area contributed by atoms with E-state index in [0.29, 0.717) is 32.5 Å². The summed E-state index contributed by atoms with van der Waals surface area (Å²) in [7, 11) is 0. The van der Waals surface area contributed by atoms with Crippen LogP contribution in [0.3, 0.4) is 0 Å². The molecule has 1 aliphatic heterocycles. The molecule has 1 N–H and O–H groups in total.